The van der Waals surface area contributed by atoms with Gasteiger partial charge in [-0.15, -0.1) is 0 Å². The van der Waals surface area contributed by atoms with Crippen molar-refractivity contribution in [1.82, 2.24) is 14.8 Å². The second kappa shape index (κ2) is 6.67. The van der Waals surface area contributed by atoms with Crippen molar-refractivity contribution in [3.05, 3.63) is 61.2 Å². The standard InChI is InChI=1S/C18H18N4OS/c23-24-11-9-21(10-12-24)17-3-1-15(2-4-17)16-13-20-22(14-16)18-5-7-19-8-6-18/h1-8,13-14H,9-12H2. The van der Waals surface area contributed by atoms with Gasteiger partial charge in [-0.1, -0.05) is 23.3 Å². The summed E-state index contributed by atoms with van der Waals surface area (Å²) >= 11 is -0.641. The third-order valence-corrected chi connectivity index (χ3v) is 5.53. The highest BCUT2D eigenvalue weighted by Gasteiger charge is 2.19. The van der Waals surface area contributed by atoms with Gasteiger partial charge in [0.1, 0.15) is 11.5 Å². The van der Waals surface area contributed by atoms with E-state index < -0.39 is 11.2 Å². The zero-order valence-corrected chi connectivity index (χ0v) is 14.0. The summed E-state index contributed by atoms with van der Waals surface area (Å²) in [5.41, 5.74) is 4.41. The van der Waals surface area contributed by atoms with Crippen LogP contribution in [-0.2, 0) is 11.2 Å². The van der Waals surface area contributed by atoms with E-state index in [2.05, 4.69) is 39.2 Å². The SMILES string of the molecule is [O-][S+]1CCN(c2ccc(-c3cnn(-c4ccncc4)c3)cc2)CC1. The molecule has 0 N–H and O–H groups in total. The predicted molar refractivity (Wildman–Crippen MR) is 96.9 cm³/mol. The molecule has 0 spiro atoms. The van der Waals surface area contributed by atoms with E-state index >= 15 is 0 Å². The summed E-state index contributed by atoms with van der Waals surface area (Å²) in [5, 5.41) is 4.43. The fourth-order valence-electron chi connectivity index (χ4n) is 2.87. The zero-order valence-electron chi connectivity index (χ0n) is 13.2. The van der Waals surface area contributed by atoms with Crippen LogP contribution in [0.2, 0.25) is 0 Å². The largest absolute Gasteiger partial charge is 0.616 e. The van der Waals surface area contributed by atoms with Crippen LogP contribution in [0.1, 0.15) is 0 Å². The van der Waals surface area contributed by atoms with Crippen LogP contribution in [0.4, 0.5) is 5.69 Å². The minimum atomic E-state index is -0.641. The van der Waals surface area contributed by atoms with Gasteiger partial charge in [-0.3, -0.25) is 4.98 Å². The van der Waals surface area contributed by atoms with Crippen molar-refractivity contribution in [3.8, 4) is 16.8 Å². The number of pyridine rings is 1. The molecule has 122 valence electrons. The van der Waals surface area contributed by atoms with Crippen LogP contribution in [0.25, 0.3) is 16.8 Å². The first-order valence-electron chi connectivity index (χ1n) is 7.95. The number of hydrogen-bond acceptors (Lipinski definition) is 4. The Labute approximate surface area is 144 Å². The van der Waals surface area contributed by atoms with Crippen LogP contribution < -0.4 is 4.90 Å². The van der Waals surface area contributed by atoms with Gasteiger partial charge in [0.25, 0.3) is 0 Å². The topological polar surface area (TPSA) is 57.0 Å². The lowest BCUT2D eigenvalue weighted by Crippen LogP contribution is -2.40. The molecule has 0 saturated carbocycles. The van der Waals surface area contributed by atoms with Crippen molar-refractivity contribution in [3.63, 3.8) is 0 Å². The summed E-state index contributed by atoms with van der Waals surface area (Å²) in [4.78, 5) is 6.33. The van der Waals surface area contributed by atoms with Gasteiger partial charge >= 0.3 is 0 Å². The maximum atomic E-state index is 11.5. The molecule has 5 nitrogen and oxygen atoms in total. The first-order chi connectivity index (χ1) is 11.8. The minimum absolute atomic E-state index is 0.641. The number of nitrogens with zero attached hydrogens (tertiary/aromatic N) is 4. The van der Waals surface area contributed by atoms with E-state index in [0.29, 0.717) is 0 Å². The lowest BCUT2D eigenvalue weighted by atomic mass is 10.1. The van der Waals surface area contributed by atoms with Crippen LogP contribution in [-0.4, -0.2) is 43.9 Å². The van der Waals surface area contributed by atoms with Crippen molar-refractivity contribution >= 4 is 16.9 Å². The van der Waals surface area contributed by atoms with Crippen LogP contribution in [0, 0.1) is 0 Å². The van der Waals surface area contributed by atoms with E-state index in [1.807, 2.05) is 29.2 Å². The highest BCUT2D eigenvalue weighted by Crippen LogP contribution is 2.24. The van der Waals surface area contributed by atoms with Crippen LogP contribution in [0.3, 0.4) is 0 Å². The van der Waals surface area contributed by atoms with Gasteiger partial charge in [0.2, 0.25) is 0 Å². The number of anilines is 1. The van der Waals surface area contributed by atoms with Gasteiger partial charge in [0.05, 0.1) is 25.0 Å². The molecule has 1 aromatic carbocycles. The van der Waals surface area contributed by atoms with Crippen LogP contribution in [0.5, 0.6) is 0 Å². The molecule has 3 aromatic rings. The van der Waals surface area contributed by atoms with E-state index in [1.54, 1.807) is 12.4 Å². The van der Waals surface area contributed by atoms with Gasteiger partial charge in [0.15, 0.2) is 0 Å². The van der Waals surface area contributed by atoms with Crippen LogP contribution in [0.15, 0.2) is 61.2 Å². The average Bonchev–Trinajstić information content (AvgIpc) is 3.13. The second-order valence-corrected chi connectivity index (χ2v) is 7.46. The van der Waals surface area contributed by atoms with E-state index in [1.165, 1.54) is 5.69 Å². The van der Waals surface area contributed by atoms with Gasteiger partial charge in [-0.25, -0.2) is 4.68 Å². The molecule has 4 rings (SSSR count). The van der Waals surface area contributed by atoms with E-state index in [0.717, 1.165) is 41.4 Å². The maximum absolute atomic E-state index is 11.5. The molecule has 1 aliphatic heterocycles. The molecule has 1 saturated heterocycles. The van der Waals surface area contributed by atoms with E-state index in [9.17, 15) is 4.55 Å². The fourth-order valence-corrected chi connectivity index (χ4v) is 3.92. The summed E-state index contributed by atoms with van der Waals surface area (Å²) in [5.74, 6) is 1.53. The van der Waals surface area contributed by atoms with Crippen molar-refractivity contribution < 1.29 is 4.55 Å². The minimum Gasteiger partial charge on any atom is -0.616 e. The van der Waals surface area contributed by atoms with Gasteiger partial charge in [-0.2, -0.15) is 5.10 Å². The third-order valence-electron chi connectivity index (χ3n) is 4.25. The zero-order chi connectivity index (χ0) is 16.4. The molecule has 1 aliphatic rings. The summed E-state index contributed by atoms with van der Waals surface area (Å²) in [7, 11) is 0. The molecule has 0 aliphatic carbocycles. The summed E-state index contributed by atoms with van der Waals surface area (Å²) in [6, 6.07) is 12.4. The van der Waals surface area contributed by atoms with Gasteiger partial charge < -0.3 is 9.45 Å². The Bertz CT molecular complexity index is 795. The molecular formula is C18H18N4OS. The third kappa shape index (κ3) is 3.16. The van der Waals surface area contributed by atoms with E-state index in [-0.39, 0.29) is 0 Å². The number of aromatic nitrogens is 3. The molecule has 24 heavy (non-hydrogen) atoms. The summed E-state index contributed by atoms with van der Waals surface area (Å²) in [6.07, 6.45) is 7.42. The Morgan fingerprint density at radius 3 is 2.29 bits per heavy atom. The predicted octanol–water partition coefficient (Wildman–Crippen LogP) is 2.50. The Hall–Kier alpha value is -2.31. The molecule has 0 radical (unpaired) electrons. The Balaban J connectivity index is 1.52. The Kier molecular flexibility index (Phi) is 4.23. The Morgan fingerprint density at radius 1 is 0.875 bits per heavy atom. The van der Waals surface area contributed by atoms with Crippen molar-refractivity contribution in [2.75, 3.05) is 29.5 Å². The molecule has 0 bridgehead atoms. The monoisotopic (exact) mass is 338 g/mol. The molecule has 3 heterocycles. The number of benzene rings is 1. The fraction of sp³-hybridized carbons (Fsp3) is 0.222. The van der Waals surface area contributed by atoms with Crippen LogP contribution >= 0.6 is 0 Å². The maximum Gasteiger partial charge on any atom is 0.123 e. The van der Waals surface area contributed by atoms with E-state index in [4.69, 9.17) is 0 Å². The van der Waals surface area contributed by atoms with Gasteiger partial charge in [-0.05, 0) is 29.8 Å². The molecule has 0 amide bonds. The Morgan fingerprint density at radius 2 is 1.58 bits per heavy atom. The average molecular weight is 338 g/mol. The first-order valence-corrected chi connectivity index (χ1v) is 9.44. The van der Waals surface area contributed by atoms with Crippen molar-refractivity contribution in [2.45, 2.75) is 0 Å². The molecule has 2 aromatic heterocycles. The van der Waals surface area contributed by atoms with Crippen molar-refractivity contribution in [1.29, 1.82) is 0 Å². The molecule has 6 heteroatoms. The number of hydrogen-bond donors (Lipinski definition) is 0. The molecular weight excluding hydrogens is 320 g/mol. The quantitative estimate of drug-likeness (QED) is 0.689. The summed E-state index contributed by atoms with van der Waals surface area (Å²) < 4.78 is 13.3. The second-order valence-electron chi connectivity index (χ2n) is 5.76. The van der Waals surface area contributed by atoms with Gasteiger partial charge in [0, 0.05) is 29.8 Å². The highest BCUT2D eigenvalue weighted by molar-refractivity contribution is 7.91. The lowest BCUT2D eigenvalue weighted by Gasteiger charge is -2.30. The molecule has 0 atom stereocenters. The number of rotatable bonds is 3. The first kappa shape index (κ1) is 15.2. The molecule has 0 unspecified atom stereocenters. The normalized spacial score (nSPS) is 15.6. The smallest absolute Gasteiger partial charge is 0.123 e. The van der Waals surface area contributed by atoms with Crippen molar-refractivity contribution in [2.24, 2.45) is 0 Å². The highest BCUT2D eigenvalue weighted by atomic mass is 32.2. The lowest BCUT2D eigenvalue weighted by molar-refractivity contribution is 0.586. The molecule has 1 fully saturated rings. The summed E-state index contributed by atoms with van der Waals surface area (Å²) in [6.45, 7) is 1.73.